The largest absolute Gasteiger partial charge is 0.494 e. The van der Waals surface area contributed by atoms with Crippen LogP contribution < -0.4 is 14.9 Å². The van der Waals surface area contributed by atoms with Crippen LogP contribution in [0.3, 0.4) is 0 Å². The number of ether oxygens (including phenoxy) is 2. The summed E-state index contributed by atoms with van der Waals surface area (Å²) in [5.41, 5.74) is 3.61. The molecule has 6 nitrogen and oxygen atoms in total. The number of nitrogens with one attached hydrogen (secondary N) is 1. The van der Waals surface area contributed by atoms with Crippen molar-refractivity contribution in [1.29, 1.82) is 0 Å². The molecule has 2 rings (SSSR count). The number of carbonyl (C=O) groups is 2. The smallest absolute Gasteiger partial charge is 0.272 e. The van der Waals surface area contributed by atoms with Crippen LogP contribution in [-0.2, 0) is 0 Å². The Morgan fingerprint density at radius 2 is 0.927 bits per heavy atom. The number of nitrogens with zero attached hydrogens (tertiary/aromatic N) is 1. The fourth-order valence-electron chi connectivity index (χ4n) is 4.71. The standard InChI is InChI=1S/C35H54N2O4/c1-4-6-8-10-12-14-16-18-28-40-32-24-20-30(21-25-32)34(38)36-37(3)35(39)31-22-26-33(27-23-31)41-29-19-17-15-13-11-9-7-5-2/h20-27H,4-19,28-29H2,1-3H3,(H,36,38). The fourth-order valence-corrected chi connectivity index (χ4v) is 4.71. The second kappa shape index (κ2) is 21.7. The van der Waals surface area contributed by atoms with Gasteiger partial charge in [0.25, 0.3) is 11.8 Å². The molecule has 2 aromatic carbocycles. The second-order valence-corrected chi connectivity index (χ2v) is 11.0. The molecule has 0 saturated heterocycles. The molecule has 0 aliphatic rings. The van der Waals surface area contributed by atoms with Crippen LogP contribution in [0.1, 0.15) is 137 Å². The number of rotatable bonds is 22. The van der Waals surface area contributed by atoms with E-state index in [1.54, 1.807) is 55.6 Å². The molecular weight excluding hydrogens is 512 g/mol. The molecule has 228 valence electrons. The summed E-state index contributed by atoms with van der Waals surface area (Å²) in [6, 6.07) is 14.1. The molecule has 0 heterocycles. The van der Waals surface area contributed by atoms with Crippen molar-refractivity contribution in [2.45, 2.75) is 117 Å². The summed E-state index contributed by atoms with van der Waals surface area (Å²) < 4.78 is 11.7. The molecule has 2 aromatic rings. The maximum Gasteiger partial charge on any atom is 0.272 e. The Hall–Kier alpha value is -3.02. The van der Waals surface area contributed by atoms with E-state index in [9.17, 15) is 9.59 Å². The monoisotopic (exact) mass is 566 g/mol. The molecule has 0 aliphatic carbocycles. The van der Waals surface area contributed by atoms with Crippen molar-refractivity contribution >= 4 is 11.8 Å². The molecule has 2 amide bonds. The van der Waals surface area contributed by atoms with Gasteiger partial charge < -0.3 is 9.47 Å². The van der Waals surface area contributed by atoms with Crippen LogP contribution in [0.25, 0.3) is 0 Å². The van der Waals surface area contributed by atoms with Gasteiger partial charge in [-0.1, -0.05) is 104 Å². The number of hydrogen-bond acceptors (Lipinski definition) is 4. The van der Waals surface area contributed by atoms with Crippen molar-refractivity contribution in [2.24, 2.45) is 0 Å². The SMILES string of the molecule is CCCCCCCCCCOc1ccc(C(=O)NN(C)C(=O)c2ccc(OCCCCCCCCCC)cc2)cc1. The summed E-state index contributed by atoms with van der Waals surface area (Å²) in [5, 5.41) is 1.21. The predicted octanol–water partition coefficient (Wildman–Crippen LogP) is 9.14. The first-order chi connectivity index (χ1) is 20.0. The van der Waals surface area contributed by atoms with E-state index in [-0.39, 0.29) is 11.8 Å². The molecule has 0 radical (unpaired) electrons. The van der Waals surface area contributed by atoms with Gasteiger partial charge in [0.05, 0.1) is 13.2 Å². The molecule has 0 aliphatic heterocycles. The quantitative estimate of drug-likeness (QED) is 0.114. The summed E-state index contributed by atoms with van der Waals surface area (Å²) in [6.07, 6.45) is 20.2. The van der Waals surface area contributed by atoms with Crippen LogP contribution in [-0.4, -0.2) is 37.1 Å². The molecule has 0 fully saturated rings. The Kier molecular flexibility index (Phi) is 18.1. The van der Waals surface area contributed by atoms with Gasteiger partial charge in [-0.15, -0.1) is 0 Å². The van der Waals surface area contributed by atoms with Crippen molar-refractivity contribution in [3.63, 3.8) is 0 Å². The van der Waals surface area contributed by atoms with E-state index in [1.807, 2.05) is 0 Å². The fraction of sp³-hybridized carbons (Fsp3) is 0.600. The molecule has 0 unspecified atom stereocenters. The van der Waals surface area contributed by atoms with Gasteiger partial charge in [-0.2, -0.15) is 0 Å². The van der Waals surface area contributed by atoms with Gasteiger partial charge in [0.2, 0.25) is 0 Å². The van der Waals surface area contributed by atoms with Crippen LogP contribution in [0, 0.1) is 0 Å². The van der Waals surface area contributed by atoms with E-state index in [2.05, 4.69) is 19.3 Å². The van der Waals surface area contributed by atoms with Gasteiger partial charge in [-0.25, -0.2) is 0 Å². The Morgan fingerprint density at radius 1 is 0.561 bits per heavy atom. The average molecular weight is 567 g/mol. The third-order valence-electron chi connectivity index (χ3n) is 7.32. The van der Waals surface area contributed by atoms with Gasteiger partial charge in [-0.3, -0.25) is 20.0 Å². The van der Waals surface area contributed by atoms with Crippen LogP contribution >= 0.6 is 0 Å². The molecule has 0 bridgehead atoms. The minimum atomic E-state index is -0.346. The molecule has 0 aromatic heterocycles. The number of carbonyl (C=O) groups excluding carboxylic acids is 2. The summed E-state index contributed by atoms with van der Waals surface area (Å²) in [5.74, 6) is 0.860. The molecule has 0 atom stereocenters. The zero-order valence-corrected chi connectivity index (χ0v) is 25.9. The second-order valence-electron chi connectivity index (χ2n) is 11.0. The molecule has 1 N–H and O–H groups in total. The van der Waals surface area contributed by atoms with E-state index >= 15 is 0 Å². The number of benzene rings is 2. The van der Waals surface area contributed by atoms with E-state index in [4.69, 9.17) is 9.47 Å². The minimum absolute atomic E-state index is 0.293. The first-order valence-corrected chi connectivity index (χ1v) is 16.1. The summed E-state index contributed by atoms with van der Waals surface area (Å²) in [6.45, 7) is 5.85. The molecule has 0 spiro atoms. The first-order valence-electron chi connectivity index (χ1n) is 16.1. The Morgan fingerprint density at radius 3 is 1.34 bits per heavy atom. The van der Waals surface area contributed by atoms with E-state index in [0.29, 0.717) is 24.3 Å². The lowest BCUT2D eigenvalue weighted by atomic mass is 10.1. The normalized spacial score (nSPS) is 10.8. The predicted molar refractivity (Wildman–Crippen MR) is 169 cm³/mol. The Bertz CT molecular complexity index is 959. The number of unbranched alkanes of at least 4 members (excludes halogenated alkanes) is 14. The van der Waals surface area contributed by atoms with Crippen LogP contribution in [0.15, 0.2) is 48.5 Å². The lowest BCUT2D eigenvalue weighted by Crippen LogP contribution is -2.43. The van der Waals surface area contributed by atoms with E-state index < -0.39 is 0 Å². The molecule has 6 heteroatoms. The molecular formula is C35H54N2O4. The molecule has 41 heavy (non-hydrogen) atoms. The van der Waals surface area contributed by atoms with Crippen molar-refractivity contribution in [1.82, 2.24) is 10.4 Å². The third kappa shape index (κ3) is 15.0. The highest BCUT2D eigenvalue weighted by atomic mass is 16.5. The highest BCUT2D eigenvalue weighted by molar-refractivity contribution is 5.99. The molecule has 0 saturated carbocycles. The topological polar surface area (TPSA) is 67.9 Å². The third-order valence-corrected chi connectivity index (χ3v) is 7.32. The lowest BCUT2D eigenvalue weighted by molar-refractivity contribution is 0.0636. The van der Waals surface area contributed by atoms with E-state index in [1.165, 1.54) is 94.9 Å². The summed E-state index contributed by atoms with van der Waals surface area (Å²) in [7, 11) is 1.55. The zero-order valence-electron chi connectivity index (χ0n) is 25.9. The average Bonchev–Trinajstić information content (AvgIpc) is 2.99. The van der Waals surface area contributed by atoms with Crippen molar-refractivity contribution in [2.75, 3.05) is 20.3 Å². The highest BCUT2D eigenvalue weighted by Gasteiger charge is 2.15. The minimum Gasteiger partial charge on any atom is -0.494 e. The maximum atomic E-state index is 12.8. The Labute approximate surface area is 249 Å². The summed E-state index contributed by atoms with van der Waals surface area (Å²) >= 11 is 0. The summed E-state index contributed by atoms with van der Waals surface area (Å²) in [4.78, 5) is 25.5. The highest BCUT2D eigenvalue weighted by Crippen LogP contribution is 2.16. The van der Waals surface area contributed by atoms with Gasteiger partial charge in [0.1, 0.15) is 11.5 Å². The Balaban J connectivity index is 1.64. The zero-order chi connectivity index (χ0) is 29.5. The number of amides is 2. The lowest BCUT2D eigenvalue weighted by Gasteiger charge is -2.18. The van der Waals surface area contributed by atoms with Gasteiger partial charge in [0, 0.05) is 18.2 Å². The number of hydrazine groups is 1. The van der Waals surface area contributed by atoms with Crippen LogP contribution in [0.4, 0.5) is 0 Å². The van der Waals surface area contributed by atoms with Crippen molar-refractivity contribution in [3.05, 3.63) is 59.7 Å². The van der Waals surface area contributed by atoms with Gasteiger partial charge >= 0.3 is 0 Å². The van der Waals surface area contributed by atoms with Crippen molar-refractivity contribution in [3.8, 4) is 11.5 Å². The van der Waals surface area contributed by atoms with Gasteiger partial charge in [0.15, 0.2) is 0 Å². The van der Waals surface area contributed by atoms with Crippen LogP contribution in [0.2, 0.25) is 0 Å². The van der Waals surface area contributed by atoms with E-state index in [0.717, 1.165) is 24.3 Å². The maximum absolute atomic E-state index is 12.8. The number of hydrogen-bond donors (Lipinski definition) is 1. The van der Waals surface area contributed by atoms with Gasteiger partial charge in [-0.05, 0) is 61.4 Å². The van der Waals surface area contributed by atoms with Crippen LogP contribution in [0.5, 0.6) is 11.5 Å². The first kappa shape index (κ1) is 34.2. The van der Waals surface area contributed by atoms with Crippen molar-refractivity contribution < 1.29 is 19.1 Å².